The number of aromatic amines is 1. The van der Waals surface area contributed by atoms with Crippen molar-refractivity contribution in [1.29, 1.82) is 0 Å². The quantitative estimate of drug-likeness (QED) is 0.445. The van der Waals surface area contributed by atoms with Crippen molar-refractivity contribution >= 4 is 29.3 Å². The number of aromatic nitrogens is 3. The minimum atomic E-state index is -0.401. The molecule has 28 heavy (non-hydrogen) atoms. The lowest BCUT2D eigenvalue weighted by molar-refractivity contribution is -0.131. The second-order valence-electron chi connectivity index (χ2n) is 5.90. The van der Waals surface area contributed by atoms with Crippen LogP contribution in [0, 0.1) is 5.82 Å². The Morgan fingerprint density at radius 2 is 2.07 bits per heavy atom. The van der Waals surface area contributed by atoms with Crippen molar-refractivity contribution in [3.8, 4) is 0 Å². The Balaban J connectivity index is 1.83. The molecule has 0 bridgehead atoms. The molecule has 0 spiro atoms. The number of nitrogens with zero attached hydrogens (tertiary/aromatic N) is 3. The van der Waals surface area contributed by atoms with Gasteiger partial charge in [-0.1, -0.05) is 11.8 Å². The zero-order valence-corrected chi connectivity index (χ0v) is 16.4. The number of rotatable bonds is 10. The Bertz CT molecular complexity index is 852. The standard InChI is InChI=1S/C17H22FN5O4S/c1-22(10-14(24)19-13-6-4-12(18)5-7-13)15(25)11-28-17-21-20-16(26)23(17)8-3-9-27-2/h4-7H,3,8-11H2,1-2H3,(H,19,24)(H,20,26). The lowest BCUT2D eigenvalue weighted by Crippen LogP contribution is -2.36. The molecule has 0 atom stereocenters. The molecule has 1 heterocycles. The normalized spacial score (nSPS) is 10.7. The lowest BCUT2D eigenvalue weighted by Gasteiger charge is -2.16. The number of thioether (sulfide) groups is 1. The van der Waals surface area contributed by atoms with Crippen LogP contribution in [0.2, 0.25) is 0 Å². The summed E-state index contributed by atoms with van der Waals surface area (Å²) < 4.78 is 19.3. The summed E-state index contributed by atoms with van der Waals surface area (Å²) in [6.45, 7) is 0.778. The van der Waals surface area contributed by atoms with Gasteiger partial charge in [-0.05, 0) is 30.7 Å². The molecule has 2 aromatic rings. The fourth-order valence-corrected chi connectivity index (χ4v) is 3.16. The molecular weight excluding hydrogens is 389 g/mol. The average Bonchev–Trinajstić information content (AvgIpc) is 3.01. The third kappa shape index (κ3) is 6.50. The van der Waals surface area contributed by atoms with E-state index in [0.717, 1.165) is 11.8 Å². The first-order valence-electron chi connectivity index (χ1n) is 8.47. The number of ether oxygens (including phenoxy) is 1. The van der Waals surface area contributed by atoms with Crippen LogP contribution in [0.1, 0.15) is 6.42 Å². The van der Waals surface area contributed by atoms with Crippen molar-refractivity contribution in [2.75, 3.05) is 38.4 Å². The summed E-state index contributed by atoms with van der Waals surface area (Å²) in [6, 6.07) is 5.34. The molecular formula is C17H22FN5O4S. The maximum absolute atomic E-state index is 12.9. The van der Waals surface area contributed by atoms with Gasteiger partial charge in [0.05, 0.1) is 12.3 Å². The lowest BCUT2D eigenvalue weighted by atomic mass is 10.3. The van der Waals surface area contributed by atoms with Gasteiger partial charge in [-0.2, -0.15) is 0 Å². The maximum Gasteiger partial charge on any atom is 0.343 e. The van der Waals surface area contributed by atoms with Crippen LogP contribution in [0.15, 0.2) is 34.2 Å². The molecule has 152 valence electrons. The third-order valence-corrected chi connectivity index (χ3v) is 4.67. The molecule has 0 saturated carbocycles. The van der Waals surface area contributed by atoms with E-state index in [2.05, 4.69) is 15.5 Å². The van der Waals surface area contributed by atoms with E-state index in [1.54, 1.807) is 7.11 Å². The van der Waals surface area contributed by atoms with Crippen LogP contribution in [0.3, 0.4) is 0 Å². The largest absolute Gasteiger partial charge is 0.385 e. The van der Waals surface area contributed by atoms with Gasteiger partial charge in [0.1, 0.15) is 5.82 Å². The molecule has 11 heteroatoms. The minimum absolute atomic E-state index is 0.0227. The molecule has 2 rings (SSSR count). The maximum atomic E-state index is 12.9. The van der Waals surface area contributed by atoms with Crippen LogP contribution in [-0.4, -0.2) is 64.5 Å². The summed E-state index contributed by atoms with van der Waals surface area (Å²) in [5.74, 6) is -1.07. The molecule has 2 amide bonds. The van der Waals surface area contributed by atoms with E-state index < -0.39 is 11.7 Å². The first kappa shape index (κ1) is 21.6. The monoisotopic (exact) mass is 411 g/mol. The van der Waals surface area contributed by atoms with Crippen LogP contribution < -0.4 is 11.0 Å². The second-order valence-corrected chi connectivity index (χ2v) is 6.85. The van der Waals surface area contributed by atoms with Gasteiger partial charge in [0, 0.05) is 33.0 Å². The van der Waals surface area contributed by atoms with E-state index in [9.17, 15) is 18.8 Å². The number of hydrogen-bond donors (Lipinski definition) is 2. The summed E-state index contributed by atoms with van der Waals surface area (Å²) in [5, 5.41) is 9.27. The van der Waals surface area contributed by atoms with Crippen molar-refractivity contribution in [3.63, 3.8) is 0 Å². The number of carbonyl (C=O) groups excluding carboxylic acids is 2. The topological polar surface area (TPSA) is 109 Å². The molecule has 2 N–H and O–H groups in total. The highest BCUT2D eigenvalue weighted by atomic mass is 32.2. The van der Waals surface area contributed by atoms with Crippen LogP contribution in [0.25, 0.3) is 0 Å². The summed E-state index contributed by atoms with van der Waals surface area (Å²) in [6.07, 6.45) is 0.640. The summed E-state index contributed by atoms with van der Waals surface area (Å²) >= 11 is 1.11. The molecule has 0 aliphatic rings. The molecule has 0 fully saturated rings. The molecule has 1 aromatic heterocycles. The highest BCUT2D eigenvalue weighted by molar-refractivity contribution is 7.99. The van der Waals surface area contributed by atoms with E-state index in [1.165, 1.54) is 40.8 Å². The van der Waals surface area contributed by atoms with E-state index >= 15 is 0 Å². The minimum Gasteiger partial charge on any atom is -0.385 e. The van der Waals surface area contributed by atoms with Gasteiger partial charge in [0.2, 0.25) is 11.8 Å². The summed E-state index contributed by atoms with van der Waals surface area (Å²) in [4.78, 5) is 37.3. The van der Waals surface area contributed by atoms with Crippen LogP contribution in [0.5, 0.6) is 0 Å². The van der Waals surface area contributed by atoms with Gasteiger partial charge >= 0.3 is 5.69 Å². The smallest absolute Gasteiger partial charge is 0.343 e. The number of anilines is 1. The molecule has 0 saturated heterocycles. The number of H-pyrrole nitrogens is 1. The predicted octanol–water partition coefficient (Wildman–Crippen LogP) is 0.936. The van der Waals surface area contributed by atoms with Crippen molar-refractivity contribution in [3.05, 3.63) is 40.6 Å². The molecule has 9 nitrogen and oxygen atoms in total. The summed E-state index contributed by atoms with van der Waals surface area (Å²) in [7, 11) is 3.08. The van der Waals surface area contributed by atoms with Gasteiger partial charge in [0.25, 0.3) is 0 Å². The van der Waals surface area contributed by atoms with Gasteiger partial charge in [-0.15, -0.1) is 5.10 Å². The Labute approximate surface area is 165 Å². The third-order valence-electron chi connectivity index (χ3n) is 3.71. The first-order chi connectivity index (χ1) is 13.4. The van der Waals surface area contributed by atoms with Crippen molar-refractivity contribution in [1.82, 2.24) is 19.7 Å². The molecule has 1 aromatic carbocycles. The Morgan fingerprint density at radius 3 is 2.75 bits per heavy atom. The van der Waals surface area contributed by atoms with Crippen LogP contribution in [-0.2, 0) is 20.9 Å². The Kier molecular flexibility index (Phi) is 8.20. The number of amides is 2. The molecule has 0 aliphatic heterocycles. The highest BCUT2D eigenvalue weighted by Crippen LogP contribution is 2.14. The van der Waals surface area contributed by atoms with Crippen LogP contribution in [0.4, 0.5) is 10.1 Å². The number of benzene rings is 1. The zero-order valence-electron chi connectivity index (χ0n) is 15.6. The Hall–Kier alpha value is -2.66. The fourth-order valence-electron chi connectivity index (χ4n) is 2.25. The number of hydrogen-bond acceptors (Lipinski definition) is 6. The zero-order chi connectivity index (χ0) is 20.5. The molecule has 0 unspecified atom stereocenters. The van der Waals surface area contributed by atoms with Crippen molar-refractivity contribution < 1.29 is 18.7 Å². The fraction of sp³-hybridized carbons (Fsp3) is 0.412. The Morgan fingerprint density at radius 1 is 1.36 bits per heavy atom. The number of methoxy groups -OCH3 is 1. The molecule has 0 aliphatic carbocycles. The van der Waals surface area contributed by atoms with Crippen molar-refractivity contribution in [2.45, 2.75) is 18.1 Å². The number of likely N-dealkylation sites (N-methyl/N-ethyl adjacent to an activating group) is 1. The van der Waals surface area contributed by atoms with E-state index in [4.69, 9.17) is 4.74 Å². The van der Waals surface area contributed by atoms with Gasteiger partial charge in [-0.25, -0.2) is 14.3 Å². The predicted molar refractivity (Wildman–Crippen MR) is 103 cm³/mol. The van der Waals surface area contributed by atoms with Crippen LogP contribution >= 0.6 is 11.8 Å². The van der Waals surface area contributed by atoms with Gasteiger partial charge < -0.3 is 15.0 Å². The number of nitrogens with one attached hydrogen (secondary N) is 2. The van der Waals surface area contributed by atoms with E-state index in [-0.39, 0.29) is 23.9 Å². The number of carbonyl (C=O) groups is 2. The number of halogens is 1. The molecule has 0 radical (unpaired) electrons. The first-order valence-corrected chi connectivity index (χ1v) is 9.45. The second kappa shape index (κ2) is 10.6. The average molecular weight is 411 g/mol. The van der Waals surface area contributed by atoms with Gasteiger partial charge in [0.15, 0.2) is 5.16 Å². The van der Waals surface area contributed by atoms with Gasteiger partial charge in [-0.3, -0.25) is 14.2 Å². The highest BCUT2D eigenvalue weighted by Gasteiger charge is 2.16. The SMILES string of the molecule is COCCCn1c(SCC(=O)N(C)CC(=O)Nc2ccc(F)cc2)n[nH]c1=O. The van der Waals surface area contributed by atoms with Crippen molar-refractivity contribution in [2.24, 2.45) is 0 Å². The van der Waals surface area contributed by atoms with E-state index in [1.807, 2.05) is 0 Å². The summed E-state index contributed by atoms with van der Waals surface area (Å²) in [5.41, 5.74) is 0.0938. The van der Waals surface area contributed by atoms with E-state index in [0.29, 0.717) is 30.4 Å².